The molecule has 29 heavy (non-hydrogen) atoms. The van der Waals surface area contributed by atoms with E-state index in [-0.39, 0.29) is 17.3 Å². The molecule has 0 amide bonds. The molecule has 2 rings (SSSR count). The van der Waals surface area contributed by atoms with Crippen molar-refractivity contribution in [2.24, 2.45) is 4.99 Å². The number of rotatable bonds is 8. The molecule has 0 heterocycles. The van der Waals surface area contributed by atoms with Crippen LogP contribution in [0.4, 0.5) is 17.6 Å². The topological polar surface area (TPSA) is 54.9 Å². The molecule has 2 N–H and O–H groups in total. The zero-order valence-corrected chi connectivity index (χ0v) is 16.1. The van der Waals surface area contributed by atoms with Crippen molar-refractivity contribution < 1.29 is 27.0 Å². The molecule has 0 atom stereocenters. The minimum absolute atomic E-state index is 0.0148. The van der Waals surface area contributed by atoms with Gasteiger partial charge in [-0.25, -0.2) is 4.39 Å². The summed E-state index contributed by atoms with van der Waals surface area (Å²) in [5.41, 5.74) is 1.37. The average Bonchev–Trinajstić information content (AvgIpc) is 2.69. The number of hydrogen-bond acceptors (Lipinski definition) is 3. The van der Waals surface area contributed by atoms with E-state index < -0.39 is 12.8 Å². The third kappa shape index (κ3) is 7.52. The first-order valence-electron chi connectivity index (χ1n) is 8.87. The summed E-state index contributed by atoms with van der Waals surface area (Å²) < 4.78 is 60.5. The van der Waals surface area contributed by atoms with Gasteiger partial charge in [0.25, 0.3) is 0 Å². The molecule has 0 fully saturated rings. The van der Waals surface area contributed by atoms with Gasteiger partial charge in [-0.1, -0.05) is 24.3 Å². The van der Waals surface area contributed by atoms with Crippen LogP contribution in [0, 0.1) is 5.82 Å². The Morgan fingerprint density at radius 3 is 2.48 bits per heavy atom. The maximum Gasteiger partial charge on any atom is 0.422 e. The van der Waals surface area contributed by atoms with Crippen LogP contribution in [0.1, 0.15) is 11.1 Å². The molecule has 0 aliphatic heterocycles. The summed E-state index contributed by atoms with van der Waals surface area (Å²) in [7, 11) is 2.96. The largest absolute Gasteiger partial charge is 0.493 e. The first kappa shape index (κ1) is 22.3. The van der Waals surface area contributed by atoms with E-state index in [2.05, 4.69) is 15.6 Å². The zero-order chi connectivity index (χ0) is 21.3. The number of nitrogens with zero attached hydrogens (tertiary/aromatic N) is 1. The van der Waals surface area contributed by atoms with Crippen LogP contribution in [0.5, 0.6) is 11.5 Å². The van der Waals surface area contributed by atoms with E-state index in [1.165, 1.54) is 19.2 Å². The highest BCUT2D eigenvalue weighted by molar-refractivity contribution is 5.79. The molecule has 0 bridgehead atoms. The van der Waals surface area contributed by atoms with Gasteiger partial charge in [-0.05, 0) is 35.7 Å². The van der Waals surface area contributed by atoms with Gasteiger partial charge in [0.2, 0.25) is 0 Å². The van der Waals surface area contributed by atoms with Gasteiger partial charge in [0.05, 0.1) is 7.11 Å². The quantitative estimate of drug-likeness (QED) is 0.394. The van der Waals surface area contributed by atoms with E-state index in [0.29, 0.717) is 31.0 Å². The Kier molecular flexibility index (Phi) is 8.11. The summed E-state index contributed by atoms with van der Waals surface area (Å²) >= 11 is 0. The molecule has 0 aromatic heterocycles. The van der Waals surface area contributed by atoms with Crippen molar-refractivity contribution in [3.8, 4) is 11.5 Å². The van der Waals surface area contributed by atoms with Crippen molar-refractivity contribution in [2.45, 2.75) is 19.1 Å². The van der Waals surface area contributed by atoms with E-state index in [1.807, 2.05) is 0 Å². The molecule has 0 saturated heterocycles. The number of benzene rings is 2. The third-order valence-corrected chi connectivity index (χ3v) is 3.95. The summed E-state index contributed by atoms with van der Waals surface area (Å²) in [5, 5.41) is 6.17. The van der Waals surface area contributed by atoms with Crippen molar-refractivity contribution in [3.63, 3.8) is 0 Å². The fourth-order valence-corrected chi connectivity index (χ4v) is 2.52. The number of ether oxygens (including phenoxy) is 2. The number of nitrogens with one attached hydrogen (secondary N) is 2. The Hall–Kier alpha value is -2.97. The van der Waals surface area contributed by atoms with Crippen molar-refractivity contribution in [1.82, 2.24) is 10.6 Å². The predicted molar refractivity (Wildman–Crippen MR) is 103 cm³/mol. The fourth-order valence-electron chi connectivity index (χ4n) is 2.52. The monoisotopic (exact) mass is 413 g/mol. The molecule has 2 aromatic carbocycles. The lowest BCUT2D eigenvalue weighted by Crippen LogP contribution is -2.37. The smallest absolute Gasteiger partial charge is 0.422 e. The first-order chi connectivity index (χ1) is 13.8. The highest BCUT2D eigenvalue weighted by Gasteiger charge is 2.29. The minimum Gasteiger partial charge on any atom is -0.493 e. The van der Waals surface area contributed by atoms with E-state index in [9.17, 15) is 17.6 Å². The van der Waals surface area contributed by atoms with Gasteiger partial charge in [-0.3, -0.25) is 4.99 Å². The van der Waals surface area contributed by atoms with Gasteiger partial charge < -0.3 is 20.1 Å². The summed E-state index contributed by atoms with van der Waals surface area (Å²) in [4.78, 5) is 4.09. The second-order valence-electron chi connectivity index (χ2n) is 6.08. The third-order valence-electron chi connectivity index (χ3n) is 3.95. The van der Waals surface area contributed by atoms with Gasteiger partial charge in [0.15, 0.2) is 24.1 Å². The van der Waals surface area contributed by atoms with Gasteiger partial charge in [0, 0.05) is 20.1 Å². The van der Waals surface area contributed by atoms with Crippen LogP contribution >= 0.6 is 0 Å². The number of guanidine groups is 1. The normalized spacial score (nSPS) is 11.9. The molecule has 5 nitrogen and oxygen atoms in total. The molecular formula is C20H23F4N3O2. The van der Waals surface area contributed by atoms with Crippen LogP contribution in [-0.4, -0.2) is 39.4 Å². The first-order valence-corrected chi connectivity index (χ1v) is 8.87. The molecular weight excluding hydrogens is 390 g/mol. The van der Waals surface area contributed by atoms with Crippen molar-refractivity contribution in [1.29, 1.82) is 0 Å². The molecule has 0 aliphatic rings. The molecule has 9 heteroatoms. The molecule has 158 valence electrons. The highest BCUT2D eigenvalue weighted by Crippen LogP contribution is 2.29. The molecule has 0 radical (unpaired) electrons. The van der Waals surface area contributed by atoms with Gasteiger partial charge in [-0.2, -0.15) is 13.2 Å². The van der Waals surface area contributed by atoms with E-state index >= 15 is 0 Å². The Labute approximate surface area is 166 Å². The summed E-state index contributed by atoms with van der Waals surface area (Å²) in [6.45, 7) is -0.553. The SMILES string of the molecule is CN=C(NCCc1ccccc1F)NCc1ccc(OCC(F)(F)F)c(OC)c1. The molecule has 0 aliphatic carbocycles. The van der Waals surface area contributed by atoms with Crippen LogP contribution in [0.3, 0.4) is 0 Å². The Bertz CT molecular complexity index is 826. The average molecular weight is 413 g/mol. The van der Waals surface area contributed by atoms with Crippen LogP contribution in [0.25, 0.3) is 0 Å². The highest BCUT2D eigenvalue weighted by atomic mass is 19.4. The zero-order valence-electron chi connectivity index (χ0n) is 16.1. The number of methoxy groups -OCH3 is 1. The fraction of sp³-hybridized carbons (Fsp3) is 0.350. The van der Waals surface area contributed by atoms with Crippen molar-refractivity contribution in [2.75, 3.05) is 27.3 Å². The summed E-state index contributed by atoms with van der Waals surface area (Å²) in [6.07, 6.45) is -3.93. The van der Waals surface area contributed by atoms with Crippen LogP contribution in [0.2, 0.25) is 0 Å². The number of halogens is 4. The standard InChI is InChI=1S/C20H23F4N3O2/c1-25-19(26-10-9-15-5-3-4-6-16(15)21)27-12-14-7-8-17(18(11-14)28-2)29-13-20(22,23)24/h3-8,11H,9-10,12-13H2,1-2H3,(H2,25,26,27). The van der Waals surface area contributed by atoms with E-state index in [1.54, 1.807) is 37.4 Å². The summed E-state index contributed by atoms with van der Waals surface area (Å²) in [6, 6.07) is 11.2. The van der Waals surface area contributed by atoms with Crippen LogP contribution < -0.4 is 20.1 Å². The van der Waals surface area contributed by atoms with Gasteiger partial charge >= 0.3 is 6.18 Å². The lowest BCUT2D eigenvalue weighted by Gasteiger charge is -2.15. The van der Waals surface area contributed by atoms with Gasteiger partial charge in [-0.15, -0.1) is 0 Å². The maximum absolute atomic E-state index is 13.6. The molecule has 0 unspecified atom stereocenters. The van der Waals surface area contributed by atoms with Gasteiger partial charge in [0.1, 0.15) is 5.82 Å². The Morgan fingerprint density at radius 1 is 1.07 bits per heavy atom. The van der Waals surface area contributed by atoms with Crippen molar-refractivity contribution in [3.05, 3.63) is 59.4 Å². The Morgan fingerprint density at radius 2 is 1.83 bits per heavy atom. The van der Waals surface area contributed by atoms with Crippen LogP contribution in [-0.2, 0) is 13.0 Å². The maximum atomic E-state index is 13.6. The number of aliphatic imine (C=N–C) groups is 1. The molecule has 2 aromatic rings. The van der Waals surface area contributed by atoms with Crippen LogP contribution in [0.15, 0.2) is 47.5 Å². The molecule has 0 spiro atoms. The predicted octanol–water partition coefficient (Wildman–Crippen LogP) is 3.68. The van der Waals surface area contributed by atoms with Crippen molar-refractivity contribution >= 4 is 5.96 Å². The second-order valence-corrected chi connectivity index (χ2v) is 6.08. The Balaban J connectivity index is 1.87. The summed E-state index contributed by atoms with van der Waals surface area (Å²) in [5.74, 6) is 0.479. The number of hydrogen-bond donors (Lipinski definition) is 2. The van der Waals surface area contributed by atoms with E-state index in [4.69, 9.17) is 9.47 Å². The minimum atomic E-state index is -4.42. The second kappa shape index (κ2) is 10.5. The lowest BCUT2D eigenvalue weighted by molar-refractivity contribution is -0.153. The molecule has 0 saturated carbocycles. The number of alkyl halides is 3. The van der Waals surface area contributed by atoms with E-state index in [0.717, 1.165) is 5.56 Å². The lowest BCUT2D eigenvalue weighted by atomic mass is 10.1.